The molecule has 6 aromatic carbocycles. The third-order valence-corrected chi connectivity index (χ3v) is 34.2. The number of aryl methyl sites for hydroxylation is 2. The first-order valence-corrected chi connectivity index (χ1v) is 53.6. The summed E-state index contributed by atoms with van der Waals surface area (Å²) in [7, 11) is -2.31. The number of Topliss-reactive ketones (excluding diaryl/α,β-unsaturated/α-hetero) is 2. The van der Waals surface area contributed by atoms with Crippen molar-refractivity contribution in [2.24, 2.45) is 47.3 Å². The zero-order valence-electron chi connectivity index (χ0n) is 83.8. The smallest absolute Gasteiger partial charge is 0.407 e. The molecule has 2 aliphatic heterocycles. The van der Waals surface area contributed by atoms with E-state index in [-0.39, 0.29) is 90.3 Å². The number of benzene rings is 6. The first-order valence-electron chi connectivity index (χ1n) is 50.7. The van der Waals surface area contributed by atoms with Gasteiger partial charge in [-0.2, -0.15) is 9.97 Å². The summed E-state index contributed by atoms with van der Waals surface area (Å²) in [5.41, 5.74) is 12.2. The number of hydrogen-bond donors (Lipinski definition) is 5. The van der Waals surface area contributed by atoms with Gasteiger partial charge in [-0.1, -0.05) is 274 Å². The van der Waals surface area contributed by atoms with E-state index >= 15 is 0 Å². The highest BCUT2D eigenvalue weighted by atomic mass is 28.4. The van der Waals surface area contributed by atoms with Gasteiger partial charge in [-0.3, -0.25) is 28.3 Å². The van der Waals surface area contributed by atoms with Gasteiger partial charge >= 0.3 is 35.5 Å². The number of amides is 4. The number of nitrogens with zero attached hydrogens (tertiary/aromatic N) is 4. The van der Waals surface area contributed by atoms with E-state index < -0.39 is 153 Å². The van der Waals surface area contributed by atoms with Gasteiger partial charge in [0.25, 0.3) is 0 Å². The Balaban J connectivity index is 0.000000214. The maximum Gasteiger partial charge on any atom is 0.407 e. The fourth-order valence-electron chi connectivity index (χ4n) is 20.5. The number of rotatable bonds is 38. The number of carbonyl (C=O) groups excluding carboxylic acids is 8. The van der Waals surface area contributed by atoms with E-state index in [1.807, 2.05) is 151 Å². The number of carbonyl (C=O) groups is 8. The summed E-state index contributed by atoms with van der Waals surface area (Å²) in [5, 5.41) is 22.9. The third kappa shape index (κ3) is 23.7. The second-order valence-electron chi connectivity index (χ2n) is 41.8. The van der Waals surface area contributed by atoms with E-state index in [1.165, 1.54) is 33.1 Å². The minimum absolute atomic E-state index is 0.0412. The average Bonchev–Trinajstić information content (AvgIpc) is 1.62. The van der Waals surface area contributed by atoms with Crippen molar-refractivity contribution in [3.8, 4) is 44.9 Å². The van der Waals surface area contributed by atoms with Gasteiger partial charge in [-0.15, -0.1) is 0 Å². The monoisotopic (exact) mass is 1940 g/mol. The number of aliphatic hydroxyl groups is 1. The van der Waals surface area contributed by atoms with Gasteiger partial charge in [0, 0.05) is 71.9 Å². The van der Waals surface area contributed by atoms with E-state index in [0.29, 0.717) is 60.8 Å². The first kappa shape index (κ1) is 103. The normalized spacial score (nSPS) is 20.8. The van der Waals surface area contributed by atoms with E-state index in [2.05, 4.69) is 127 Å². The van der Waals surface area contributed by atoms with Crippen molar-refractivity contribution in [3.05, 3.63) is 224 Å². The molecule has 0 bridgehead atoms. The van der Waals surface area contributed by atoms with Crippen molar-refractivity contribution in [2.45, 2.75) is 284 Å². The van der Waals surface area contributed by atoms with Crippen LogP contribution in [0.25, 0.3) is 67.1 Å². The zero-order chi connectivity index (χ0) is 100. The molecule has 16 rings (SSSR count). The number of aliphatic hydroxyl groups excluding tert-OH is 1. The molecular weight excluding hydrogens is 1810 g/mol. The van der Waals surface area contributed by atoms with Gasteiger partial charge in [0.05, 0.1) is 36.1 Å². The molecule has 0 spiro atoms. The Hall–Kier alpha value is -12.0. The lowest BCUT2D eigenvalue weighted by atomic mass is 9.84. The van der Waals surface area contributed by atoms with Gasteiger partial charge in [-0.25, -0.2) is 28.8 Å². The van der Waals surface area contributed by atoms with Crippen molar-refractivity contribution in [3.63, 3.8) is 0 Å². The molecule has 4 aromatic heterocycles. The summed E-state index contributed by atoms with van der Waals surface area (Å²) < 4.78 is 57.9. The van der Waals surface area contributed by atoms with Crippen LogP contribution >= 0.6 is 0 Å². The summed E-state index contributed by atoms with van der Waals surface area (Å²) in [6, 6.07) is 48.4. The molecule has 10 aromatic rings. The standard InChI is InChI=1S/C59H76N4O10Si.C53H62N4O10/c1-11-12-13-19-37-26-28-38(29-27-37)47-30-39-32-63(57(67)62-55(39)72-47)50-31-48(49(71-50)34-70-74(9,10)59(6,7)8)73-56(66)52(36(4)5)60-54(65)45-25-18-24-44(45)53(64)51(35(2)3)61-58(68)69-33-46-42-22-16-14-20-40(42)41-21-15-17-23-43(41)46;1-6-7-8-14-32-21-23-33(24-22-32)42-25-34-27-57(52(62)56-50(34)66-42)45-26-43(44(28-58)65-45)67-51(61)47(31(4)5)54-49(60)40-20-13-19-39(40)48(59)46(30(2)3)55-53(63)64-29-41-37-17-11-9-15-35(37)36-16-10-12-18-38(36)41/h14-17,20-23,26-30,32,35-36,44-46,48-52H,11-13,18-19,24-25,31,33-34H2,1-10H3,(H,60,65)(H,61,68);9-12,15-18,21-25,27,30-31,39-41,43-47,58H,6-8,13-14,19-20,26,28-29H2,1-5H3,(H,54,60)(H,55,63)/t44?,45?,48?,49-,50-,51?,52?;39?,40?,43?,44-,45-,46?,47?/m11/s1. The Morgan fingerprint density at radius 3 is 1.17 bits per heavy atom. The lowest BCUT2D eigenvalue weighted by Gasteiger charge is -2.37. The molecule has 141 heavy (non-hydrogen) atoms. The minimum Gasteiger partial charge on any atom is -0.458 e. The Bertz CT molecular complexity index is 6160. The van der Waals surface area contributed by atoms with Crippen LogP contribution in [-0.2, 0) is 74.5 Å². The topological polar surface area (TPSA) is 366 Å². The number of nitrogens with one attached hydrogen (secondary N) is 4. The van der Waals surface area contributed by atoms with Gasteiger partial charge < -0.3 is 68.1 Å². The molecule has 10 unspecified atom stereocenters. The van der Waals surface area contributed by atoms with Crippen LogP contribution in [-0.4, -0.2) is 155 Å². The summed E-state index contributed by atoms with van der Waals surface area (Å²) in [4.78, 5) is 148. The molecule has 29 heteroatoms. The molecule has 4 amide bonds. The second-order valence-corrected chi connectivity index (χ2v) is 46.6. The Morgan fingerprint density at radius 2 is 0.816 bits per heavy atom. The fraction of sp³-hybridized carbons (Fsp3) is 0.500. The number of fused-ring (bicyclic) bond motifs is 8. The Kier molecular flexibility index (Phi) is 33.3. The van der Waals surface area contributed by atoms with Crippen LogP contribution in [0, 0.1) is 47.3 Å². The van der Waals surface area contributed by atoms with Gasteiger partial charge in [-0.05, 0) is 161 Å². The summed E-state index contributed by atoms with van der Waals surface area (Å²) in [5.74, 6) is -6.10. The van der Waals surface area contributed by atoms with Crippen LogP contribution in [0.2, 0.25) is 18.1 Å². The van der Waals surface area contributed by atoms with Crippen LogP contribution in [0.15, 0.2) is 189 Å². The zero-order valence-corrected chi connectivity index (χ0v) is 84.8. The summed E-state index contributed by atoms with van der Waals surface area (Å²) in [6.07, 6.45) is 8.79. The Labute approximate surface area is 825 Å². The average molecular weight is 1940 g/mol. The lowest BCUT2D eigenvalue weighted by Crippen LogP contribution is -2.52. The predicted molar refractivity (Wildman–Crippen MR) is 540 cm³/mol. The molecule has 28 nitrogen and oxygen atoms in total. The first-order chi connectivity index (χ1) is 67.6. The van der Waals surface area contributed by atoms with Gasteiger partial charge in [0.1, 0.15) is 73.7 Å². The van der Waals surface area contributed by atoms with Crippen LogP contribution in [0.1, 0.15) is 238 Å². The van der Waals surface area contributed by atoms with Crippen molar-refractivity contribution < 1.29 is 85.1 Å². The van der Waals surface area contributed by atoms with E-state index in [0.717, 1.165) is 94.2 Å². The van der Waals surface area contributed by atoms with Gasteiger partial charge in [0.2, 0.25) is 23.2 Å². The maximum atomic E-state index is 14.4. The van der Waals surface area contributed by atoms with Crippen molar-refractivity contribution in [1.29, 1.82) is 0 Å². The van der Waals surface area contributed by atoms with Crippen LogP contribution in [0.4, 0.5) is 9.59 Å². The number of alkyl carbamates (subject to hydrolysis) is 2. The highest BCUT2D eigenvalue weighted by Crippen LogP contribution is 2.48. The number of furan rings is 2. The number of esters is 2. The number of ether oxygens (including phenoxy) is 6. The molecule has 750 valence electrons. The molecule has 0 radical (unpaired) electrons. The largest absolute Gasteiger partial charge is 0.458 e. The van der Waals surface area contributed by atoms with E-state index in [9.17, 15) is 53.1 Å². The fourth-order valence-corrected chi connectivity index (χ4v) is 21.5. The summed E-state index contributed by atoms with van der Waals surface area (Å²) >= 11 is 0. The van der Waals surface area contributed by atoms with Crippen LogP contribution in [0.5, 0.6) is 0 Å². The lowest BCUT2D eigenvalue weighted by molar-refractivity contribution is -0.159. The molecule has 2 saturated carbocycles. The molecule has 2 saturated heterocycles. The number of unbranched alkanes of at least 4 members (excludes halogenated alkanes) is 4. The van der Waals surface area contributed by atoms with Crippen LogP contribution < -0.4 is 32.6 Å². The second kappa shape index (κ2) is 45.5. The highest BCUT2D eigenvalue weighted by molar-refractivity contribution is 6.74. The molecule has 6 heterocycles. The minimum atomic E-state index is -2.31. The number of aromatic nitrogens is 4. The third-order valence-electron chi connectivity index (χ3n) is 29.7. The predicted octanol–water partition coefficient (Wildman–Crippen LogP) is 19.6. The number of ketones is 2. The summed E-state index contributed by atoms with van der Waals surface area (Å²) in [6.45, 7) is 29.5. The number of hydrogen-bond acceptors (Lipinski definition) is 22. The van der Waals surface area contributed by atoms with E-state index in [4.69, 9.17) is 41.7 Å². The van der Waals surface area contributed by atoms with Crippen LogP contribution in [0.3, 0.4) is 0 Å². The van der Waals surface area contributed by atoms with E-state index in [1.54, 1.807) is 26.2 Å². The SMILES string of the molecule is CCCCCc1ccc(-c2cc3cn([C@H]4CC(OC(=O)C(NC(=O)C5CCCC5C(=O)C(NC(=O)OCC5c6ccccc6-c6ccccc65)C(C)C)C(C)C)[C@@H](CO)O4)c(=O)nc3o2)cc1.CCCCCc1ccc(-c2cc3cn([C@H]4CC(OC(=O)C(NC(=O)C5CCCC5C(=O)C(NC(=O)OCC5c6ccccc6-c6ccccc65)C(C)C)C(C)C)[C@@H](CO[Si](C)(C)C(C)(C)C)O4)c(=O)nc3o2)cc1. The van der Waals surface area contributed by atoms with Crippen molar-refractivity contribution in [2.75, 3.05) is 26.4 Å². The van der Waals surface area contributed by atoms with Gasteiger partial charge in [0.15, 0.2) is 19.9 Å². The van der Waals surface area contributed by atoms with Crippen molar-refractivity contribution >= 4 is 78.0 Å². The molecule has 5 N–H and O–H groups in total. The molecule has 4 aliphatic carbocycles. The quantitative estimate of drug-likeness (QED) is 0.0104. The molecule has 14 atom stereocenters. The molecule has 6 aliphatic rings. The highest BCUT2D eigenvalue weighted by Gasteiger charge is 2.50. The molecule has 4 fully saturated rings. The maximum absolute atomic E-state index is 14.4. The van der Waals surface area contributed by atoms with Crippen molar-refractivity contribution in [1.82, 2.24) is 40.4 Å². The Morgan fingerprint density at radius 1 is 0.461 bits per heavy atom. The molecular formula is C112H138N8O20Si.